The first-order valence-corrected chi connectivity index (χ1v) is 7.95. The molecule has 8 heteroatoms. The first-order valence-electron chi connectivity index (χ1n) is 7.95. The number of rotatable bonds is 5. The average Bonchev–Trinajstić information content (AvgIpc) is 3.07. The maximum atomic E-state index is 12.3. The second-order valence-electron chi connectivity index (χ2n) is 5.80. The quantitative estimate of drug-likeness (QED) is 0.746. The molecule has 2 aromatic rings. The van der Waals surface area contributed by atoms with Gasteiger partial charge in [0.2, 0.25) is 11.8 Å². The van der Waals surface area contributed by atoms with Crippen molar-refractivity contribution in [1.29, 1.82) is 0 Å². The number of ether oxygens (including phenoxy) is 1. The number of hydrogen-bond donors (Lipinski definition) is 2. The maximum Gasteiger partial charge on any atom is 0.328 e. The minimum Gasteiger partial charge on any atom is -0.467 e. The fraction of sp³-hybridized carbons (Fsp3) is 0.353. The fourth-order valence-electron chi connectivity index (χ4n) is 2.72. The molecule has 0 bridgehead atoms. The third kappa shape index (κ3) is 3.90. The molecule has 2 amide bonds. The monoisotopic (exact) mass is 342 g/mol. The largest absolute Gasteiger partial charge is 0.467 e. The third-order valence-electron chi connectivity index (χ3n) is 4.03. The van der Waals surface area contributed by atoms with Gasteiger partial charge >= 0.3 is 5.97 Å². The second kappa shape index (κ2) is 7.25. The Bertz CT molecular complexity index is 823. The zero-order valence-electron chi connectivity index (χ0n) is 13.7. The zero-order valence-corrected chi connectivity index (χ0v) is 13.7. The van der Waals surface area contributed by atoms with E-state index in [1.165, 1.54) is 7.11 Å². The van der Waals surface area contributed by atoms with E-state index in [4.69, 9.17) is 4.74 Å². The van der Waals surface area contributed by atoms with Gasteiger partial charge in [0.1, 0.15) is 12.1 Å². The second-order valence-corrected chi connectivity index (χ2v) is 5.80. The number of esters is 1. The molecule has 2 heterocycles. The van der Waals surface area contributed by atoms with E-state index in [-0.39, 0.29) is 12.3 Å². The lowest BCUT2D eigenvalue weighted by Gasteiger charge is -2.18. The Morgan fingerprint density at radius 2 is 2.12 bits per heavy atom. The van der Waals surface area contributed by atoms with Gasteiger partial charge in [0, 0.05) is 19.0 Å². The number of nitrogens with zero attached hydrogens (tertiary/aromatic N) is 2. The normalized spacial score (nSPS) is 17.8. The molecule has 0 aliphatic carbocycles. The van der Waals surface area contributed by atoms with Gasteiger partial charge in [-0.1, -0.05) is 12.1 Å². The van der Waals surface area contributed by atoms with Crippen LogP contribution in [0.2, 0.25) is 0 Å². The van der Waals surface area contributed by atoms with Crippen LogP contribution in [0.5, 0.6) is 0 Å². The summed E-state index contributed by atoms with van der Waals surface area (Å²) < 4.78 is 4.77. The van der Waals surface area contributed by atoms with Gasteiger partial charge in [-0.3, -0.25) is 14.6 Å². The Balaban J connectivity index is 1.74. The number of fused-ring (bicyclic) bond motifs is 1. The van der Waals surface area contributed by atoms with Gasteiger partial charge in [-0.05, 0) is 18.6 Å². The van der Waals surface area contributed by atoms with Crippen LogP contribution >= 0.6 is 0 Å². The number of methoxy groups -OCH3 is 1. The summed E-state index contributed by atoms with van der Waals surface area (Å²) in [6.45, 7) is 0. The highest BCUT2D eigenvalue weighted by Crippen LogP contribution is 2.11. The molecule has 130 valence electrons. The van der Waals surface area contributed by atoms with Crippen molar-refractivity contribution in [1.82, 2.24) is 20.6 Å². The summed E-state index contributed by atoms with van der Waals surface area (Å²) in [7, 11) is 1.25. The standard InChI is InChI=1S/C17H18N4O4/c1-25-17(24)14(21-16(23)13-6-7-15(22)20-13)8-10-9-18-11-4-2-3-5-12(11)19-10/h2-5,9,13-14H,6-8H2,1H3,(H,20,22)(H,21,23)/t13-,14-/m1/s1. The minimum atomic E-state index is -0.898. The molecule has 1 aromatic carbocycles. The first-order chi connectivity index (χ1) is 12.1. The SMILES string of the molecule is COC(=O)[C@@H](Cc1cnc2ccccc2n1)NC(=O)[C@H]1CCC(=O)N1. The van der Waals surface area contributed by atoms with Crippen LogP contribution in [0.3, 0.4) is 0 Å². The summed E-state index contributed by atoms with van der Waals surface area (Å²) >= 11 is 0. The smallest absolute Gasteiger partial charge is 0.328 e. The van der Waals surface area contributed by atoms with Crippen molar-refractivity contribution in [3.63, 3.8) is 0 Å². The molecular weight excluding hydrogens is 324 g/mol. The Kier molecular flexibility index (Phi) is 4.87. The molecule has 1 saturated heterocycles. The third-order valence-corrected chi connectivity index (χ3v) is 4.03. The highest BCUT2D eigenvalue weighted by molar-refractivity contribution is 5.93. The number of benzene rings is 1. The van der Waals surface area contributed by atoms with Crippen LogP contribution < -0.4 is 10.6 Å². The van der Waals surface area contributed by atoms with Crippen LogP contribution in [0.25, 0.3) is 11.0 Å². The summed E-state index contributed by atoms with van der Waals surface area (Å²) in [5.41, 5.74) is 2.02. The van der Waals surface area contributed by atoms with E-state index >= 15 is 0 Å². The highest BCUT2D eigenvalue weighted by Gasteiger charge is 2.31. The van der Waals surface area contributed by atoms with Crippen molar-refractivity contribution < 1.29 is 19.1 Å². The molecule has 1 aliphatic rings. The summed E-state index contributed by atoms with van der Waals surface area (Å²) in [5, 5.41) is 5.20. The molecule has 2 atom stereocenters. The number of carbonyl (C=O) groups is 3. The summed E-state index contributed by atoms with van der Waals surface area (Å²) in [5.74, 6) is -1.15. The lowest BCUT2D eigenvalue weighted by atomic mass is 10.1. The van der Waals surface area contributed by atoms with Gasteiger partial charge in [-0.25, -0.2) is 9.78 Å². The van der Waals surface area contributed by atoms with Crippen molar-refractivity contribution in [3.8, 4) is 0 Å². The van der Waals surface area contributed by atoms with Crippen LogP contribution in [-0.2, 0) is 25.5 Å². The van der Waals surface area contributed by atoms with E-state index in [9.17, 15) is 14.4 Å². The molecule has 2 N–H and O–H groups in total. The van der Waals surface area contributed by atoms with E-state index in [2.05, 4.69) is 20.6 Å². The summed E-state index contributed by atoms with van der Waals surface area (Å²) in [4.78, 5) is 44.3. The summed E-state index contributed by atoms with van der Waals surface area (Å²) in [6, 6.07) is 5.86. The molecule has 1 aromatic heterocycles. The number of carbonyl (C=O) groups excluding carboxylic acids is 3. The predicted octanol–water partition coefficient (Wildman–Crippen LogP) is 0.109. The topological polar surface area (TPSA) is 110 Å². The number of amides is 2. The van der Waals surface area contributed by atoms with Crippen molar-refractivity contribution in [2.24, 2.45) is 0 Å². The molecule has 8 nitrogen and oxygen atoms in total. The van der Waals surface area contributed by atoms with Gasteiger partial charge in [0.05, 0.1) is 23.8 Å². The molecule has 1 aliphatic heterocycles. The van der Waals surface area contributed by atoms with Gasteiger partial charge in [-0.2, -0.15) is 0 Å². The van der Waals surface area contributed by atoms with Gasteiger partial charge in [-0.15, -0.1) is 0 Å². The molecule has 0 saturated carbocycles. The van der Waals surface area contributed by atoms with Crippen LogP contribution in [0.4, 0.5) is 0 Å². The molecule has 3 rings (SSSR count). The molecule has 25 heavy (non-hydrogen) atoms. The van der Waals surface area contributed by atoms with Gasteiger partial charge in [0.15, 0.2) is 0 Å². The van der Waals surface area contributed by atoms with E-state index in [0.717, 1.165) is 5.52 Å². The summed E-state index contributed by atoms with van der Waals surface area (Å²) in [6.07, 6.45) is 2.43. The van der Waals surface area contributed by atoms with E-state index in [1.807, 2.05) is 24.3 Å². The highest BCUT2D eigenvalue weighted by atomic mass is 16.5. The minimum absolute atomic E-state index is 0.150. The Morgan fingerprint density at radius 1 is 1.36 bits per heavy atom. The molecule has 0 spiro atoms. The van der Waals surface area contributed by atoms with Gasteiger partial charge < -0.3 is 15.4 Å². The maximum absolute atomic E-state index is 12.3. The molecular formula is C17H18N4O4. The van der Waals surface area contributed by atoms with Gasteiger partial charge in [0.25, 0.3) is 0 Å². The van der Waals surface area contributed by atoms with Crippen LogP contribution in [0.1, 0.15) is 18.5 Å². The number of para-hydroxylation sites is 2. The Hall–Kier alpha value is -3.03. The fourth-order valence-corrected chi connectivity index (χ4v) is 2.72. The number of nitrogens with one attached hydrogen (secondary N) is 2. The van der Waals surface area contributed by atoms with Crippen molar-refractivity contribution in [2.45, 2.75) is 31.3 Å². The lowest BCUT2D eigenvalue weighted by molar-refractivity contribution is -0.145. The van der Waals surface area contributed by atoms with Crippen molar-refractivity contribution in [3.05, 3.63) is 36.2 Å². The molecule has 0 unspecified atom stereocenters. The van der Waals surface area contributed by atoms with Crippen molar-refractivity contribution >= 4 is 28.8 Å². The van der Waals surface area contributed by atoms with E-state index in [0.29, 0.717) is 24.1 Å². The lowest BCUT2D eigenvalue weighted by Crippen LogP contribution is -2.50. The van der Waals surface area contributed by atoms with Crippen LogP contribution in [0, 0.1) is 0 Å². The van der Waals surface area contributed by atoms with Crippen LogP contribution in [0.15, 0.2) is 30.5 Å². The first kappa shape index (κ1) is 16.8. The molecule has 0 radical (unpaired) electrons. The average molecular weight is 342 g/mol. The van der Waals surface area contributed by atoms with E-state index in [1.54, 1.807) is 6.20 Å². The molecule has 1 fully saturated rings. The number of hydrogen-bond acceptors (Lipinski definition) is 6. The van der Waals surface area contributed by atoms with Crippen LogP contribution in [-0.4, -0.2) is 46.9 Å². The zero-order chi connectivity index (χ0) is 17.8. The Labute approximate surface area is 144 Å². The predicted molar refractivity (Wildman–Crippen MR) is 88.4 cm³/mol. The number of aromatic nitrogens is 2. The van der Waals surface area contributed by atoms with Crippen molar-refractivity contribution in [2.75, 3.05) is 7.11 Å². The van der Waals surface area contributed by atoms with E-state index < -0.39 is 24.0 Å². The Morgan fingerprint density at radius 3 is 2.80 bits per heavy atom.